The molecule has 0 unspecified atom stereocenters. The number of sulfonamides is 1. The van der Waals surface area contributed by atoms with E-state index in [1.165, 1.54) is 11.3 Å². The van der Waals surface area contributed by atoms with Gasteiger partial charge in [-0.2, -0.15) is 11.3 Å². The van der Waals surface area contributed by atoms with E-state index < -0.39 is 10.0 Å². The van der Waals surface area contributed by atoms with Crippen LogP contribution in [0.2, 0.25) is 0 Å². The lowest BCUT2D eigenvalue weighted by atomic mass is 10.2. The second-order valence-corrected chi connectivity index (χ2v) is 8.86. The van der Waals surface area contributed by atoms with Crippen molar-refractivity contribution in [2.24, 2.45) is 0 Å². The minimum absolute atomic E-state index is 0.342. The predicted octanol–water partition coefficient (Wildman–Crippen LogP) is 3.09. The Labute approximate surface area is 134 Å². The largest absolute Gasteiger partial charge is 0.310 e. The van der Waals surface area contributed by atoms with Crippen molar-refractivity contribution < 1.29 is 8.42 Å². The van der Waals surface area contributed by atoms with Crippen molar-refractivity contribution in [2.75, 3.05) is 0 Å². The van der Waals surface area contributed by atoms with Crippen LogP contribution in [0.15, 0.2) is 26.4 Å². The molecule has 2 N–H and O–H groups in total. The van der Waals surface area contributed by atoms with Crippen molar-refractivity contribution >= 4 is 32.7 Å². The summed E-state index contributed by atoms with van der Waals surface area (Å²) in [6, 6.07) is 2.12. The van der Waals surface area contributed by atoms with Gasteiger partial charge >= 0.3 is 0 Å². The first kappa shape index (κ1) is 16.6. The fourth-order valence-electron chi connectivity index (χ4n) is 1.72. The van der Waals surface area contributed by atoms with E-state index in [4.69, 9.17) is 0 Å². The molecule has 4 nitrogen and oxygen atoms in total. The van der Waals surface area contributed by atoms with Crippen LogP contribution < -0.4 is 10.0 Å². The average molecular weight is 345 g/mol. The van der Waals surface area contributed by atoms with Gasteiger partial charge < -0.3 is 5.32 Å². The number of hydrogen-bond acceptors (Lipinski definition) is 5. The Kier molecular flexibility index (Phi) is 5.56. The van der Waals surface area contributed by atoms with E-state index >= 15 is 0 Å². The molecule has 2 aromatic rings. The Morgan fingerprint density at radius 1 is 1.19 bits per heavy atom. The Morgan fingerprint density at radius 3 is 2.57 bits per heavy atom. The van der Waals surface area contributed by atoms with E-state index in [2.05, 4.69) is 23.9 Å². The molecule has 116 valence electrons. The van der Waals surface area contributed by atoms with Gasteiger partial charge in [0.2, 0.25) is 10.0 Å². The van der Waals surface area contributed by atoms with Gasteiger partial charge in [-0.1, -0.05) is 13.8 Å². The van der Waals surface area contributed by atoms with Crippen molar-refractivity contribution in [2.45, 2.75) is 44.1 Å². The third-order valence-electron chi connectivity index (χ3n) is 3.02. The molecule has 0 amide bonds. The highest BCUT2D eigenvalue weighted by atomic mass is 32.2. The van der Waals surface area contributed by atoms with E-state index in [-0.39, 0.29) is 0 Å². The molecule has 0 atom stereocenters. The minimum Gasteiger partial charge on any atom is -0.310 e. The van der Waals surface area contributed by atoms with Gasteiger partial charge in [0, 0.05) is 19.1 Å². The minimum atomic E-state index is -3.43. The van der Waals surface area contributed by atoms with Gasteiger partial charge in [-0.05, 0) is 45.8 Å². The maximum Gasteiger partial charge on any atom is 0.250 e. The fraction of sp³-hybridized carbons (Fsp3) is 0.429. The van der Waals surface area contributed by atoms with Crippen molar-refractivity contribution in [1.29, 1.82) is 0 Å². The highest BCUT2D eigenvalue weighted by Gasteiger charge is 2.17. The summed E-state index contributed by atoms with van der Waals surface area (Å²) in [5.41, 5.74) is 3.15. The Hall–Kier alpha value is -0.730. The van der Waals surface area contributed by atoms with Crippen LogP contribution in [-0.4, -0.2) is 14.5 Å². The number of hydrogen-bond donors (Lipinski definition) is 2. The molecule has 2 heterocycles. The third kappa shape index (κ3) is 4.62. The molecule has 0 bridgehead atoms. The molecule has 0 aliphatic carbocycles. The predicted molar refractivity (Wildman–Crippen MR) is 89.4 cm³/mol. The maximum atomic E-state index is 12.3. The van der Waals surface area contributed by atoms with Crippen LogP contribution in [0.1, 0.15) is 30.5 Å². The molecular formula is C14H20N2O2S3. The number of thiophene rings is 2. The lowest BCUT2D eigenvalue weighted by molar-refractivity contribution is 0.582. The van der Waals surface area contributed by atoms with Crippen LogP contribution in [0.3, 0.4) is 0 Å². The molecule has 0 aromatic carbocycles. The van der Waals surface area contributed by atoms with Crippen LogP contribution in [0.25, 0.3) is 0 Å². The summed E-state index contributed by atoms with van der Waals surface area (Å²) in [5, 5.41) is 9.16. The van der Waals surface area contributed by atoms with E-state index in [0.29, 0.717) is 23.3 Å². The first-order valence-corrected chi connectivity index (χ1v) is 10.0. The lowest BCUT2D eigenvalue weighted by Crippen LogP contribution is -2.23. The zero-order valence-electron chi connectivity index (χ0n) is 12.3. The summed E-state index contributed by atoms with van der Waals surface area (Å²) in [5.74, 6) is 0. The van der Waals surface area contributed by atoms with Gasteiger partial charge in [0.1, 0.15) is 4.21 Å². The molecule has 21 heavy (non-hydrogen) atoms. The van der Waals surface area contributed by atoms with Crippen LogP contribution in [0.5, 0.6) is 0 Å². The SMILES string of the molecule is Cc1cscc1CNS(=O)(=O)c1cc(CNC(C)C)cs1. The van der Waals surface area contributed by atoms with Crippen molar-refractivity contribution in [3.8, 4) is 0 Å². The van der Waals surface area contributed by atoms with Gasteiger partial charge in [-0.15, -0.1) is 11.3 Å². The molecule has 2 rings (SSSR count). The maximum absolute atomic E-state index is 12.3. The summed E-state index contributed by atoms with van der Waals surface area (Å²) in [6.07, 6.45) is 0. The lowest BCUT2D eigenvalue weighted by Gasteiger charge is -2.06. The summed E-state index contributed by atoms with van der Waals surface area (Å²) in [7, 11) is -3.43. The van der Waals surface area contributed by atoms with E-state index in [1.807, 2.05) is 23.1 Å². The molecule has 0 aliphatic heterocycles. The molecule has 0 saturated heterocycles. The summed E-state index contributed by atoms with van der Waals surface area (Å²) in [6.45, 7) is 7.15. The number of aryl methyl sites for hydroxylation is 1. The molecule has 2 aromatic heterocycles. The molecule has 0 fully saturated rings. The fourth-order valence-corrected chi connectivity index (χ4v) is 4.84. The van der Waals surface area contributed by atoms with Crippen LogP contribution in [0.4, 0.5) is 0 Å². The summed E-state index contributed by atoms with van der Waals surface area (Å²) in [4.78, 5) is 0. The highest BCUT2D eigenvalue weighted by molar-refractivity contribution is 7.91. The summed E-state index contributed by atoms with van der Waals surface area (Å²) < 4.78 is 27.6. The van der Waals surface area contributed by atoms with Crippen LogP contribution in [0, 0.1) is 6.92 Å². The van der Waals surface area contributed by atoms with E-state index in [1.54, 1.807) is 17.4 Å². The quantitative estimate of drug-likeness (QED) is 0.811. The van der Waals surface area contributed by atoms with Crippen LogP contribution >= 0.6 is 22.7 Å². The second-order valence-electron chi connectivity index (χ2n) is 5.21. The normalized spacial score (nSPS) is 12.2. The standard InChI is InChI=1S/C14H20N2O2S3/c1-10(2)15-5-12-4-14(20-8-12)21(17,18)16-6-13-9-19-7-11(13)3/h4,7-10,15-16H,5-6H2,1-3H3. The Bertz CT molecular complexity index is 687. The Morgan fingerprint density at radius 2 is 1.95 bits per heavy atom. The first-order valence-electron chi connectivity index (χ1n) is 6.70. The monoisotopic (exact) mass is 344 g/mol. The van der Waals surface area contributed by atoms with Gasteiger partial charge in [0.15, 0.2) is 0 Å². The average Bonchev–Trinajstić information content (AvgIpc) is 3.03. The van der Waals surface area contributed by atoms with Crippen molar-refractivity contribution in [3.63, 3.8) is 0 Å². The van der Waals surface area contributed by atoms with Crippen molar-refractivity contribution in [3.05, 3.63) is 38.9 Å². The van der Waals surface area contributed by atoms with Gasteiger partial charge in [0.05, 0.1) is 0 Å². The zero-order chi connectivity index (χ0) is 15.5. The highest BCUT2D eigenvalue weighted by Crippen LogP contribution is 2.21. The van der Waals surface area contributed by atoms with Gasteiger partial charge in [0.25, 0.3) is 0 Å². The molecule has 0 aliphatic rings. The van der Waals surface area contributed by atoms with Crippen LogP contribution in [-0.2, 0) is 23.1 Å². The topological polar surface area (TPSA) is 58.2 Å². The molecule has 0 spiro atoms. The number of rotatable bonds is 7. The smallest absolute Gasteiger partial charge is 0.250 e. The first-order chi connectivity index (χ1) is 9.88. The Balaban J connectivity index is 2.01. The molecular weight excluding hydrogens is 324 g/mol. The third-order valence-corrected chi connectivity index (χ3v) is 6.82. The van der Waals surface area contributed by atoms with Crippen molar-refractivity contribution in [1.82, 2.24) is 10.0 Å². The van der Waals surface area contributed by atoms with E-state index in [0.717, 1.165) is 16.7 Å². The molecule has 7 heteroatoms. The van der Waals surface area contributed by atoms with Gasteiger partial charge in [-0.3, -0.25) is 0 Å². The second kappa shape index (κ2) is 7.02. The van der Waals surface area contributed by atoms with E-state index in [9.17, 15) is 8.42 Å². The summed E-state index contributed by atoms with van der Waals surface area (Å²) >= 11 is 2.85. The molecule has 0 radical (unpaired) electrons. The number of nitrogens with one attached hydrogen (secondary N) is 2. The van der Waals surface area contributed by atoms with Gasteiger partial charge in [-0.25, -0.2) is 13.1 Å². The zero-order valence-corrected chi connectivity index (χ0v) is 14.8. The molecule has 0 saturated carbocycles.